The van der Waals surface area contributed by atoms with Gasteiger partial charge in [-0.2, -0.15) is 4.98 Å². The Morgan fingerprint density at radius 2 is 1.83 bits per heavy atom. The molecule has 42 heavy (non-hydrogen) atoms. The van der Waals surface area contributed by atoms with Crippen molar-refractivity contribution in [3.05, 3.63) is 58.6 Å². The third-order valence-corrected chi connectivity index (χ3v) is 15.2. The summed E-state index contributed by atoms with van der Waals surface area (Å²) in [5.41, 5.74) is -0.0434. The zero-order valence-corrected chi connectivity index (χ0v) is 28.6. The maximum Gasteiger partial charge on any atom is 0.351 e. The van der Waals surface area contributed by atoms with Crippen molar-refractivity contribution in [1.82, 2.24) is 9.55 Å². The molecule has 1 unspecified atom stereocenters. The molecular weight excluding hydrogens is 591 g/mol. The second kappa shape index (κ2) is 14.7. The maximum absolute atomic E-state index is 13.0. The summed E-state index contributed by atoms with van der Waals surface area (Å²) in [7, 11) is 1.27. The zero-order chi connectivity index (χ0) is 31.1. The number of aromatic nitrogens is 2. The van der Waals surface area contributed by atoms with E-state index in [1.165, 1.54) is 4.57 Å². The minimum atomic E-state index is -2.04. The minimum absolute atomic E-state index is 0.0418. The third kappa shape index (κ3) is 10.1. The van der Waals surface area contributed by atoms with Gasteiger partial charge in [0, 0.05) is 29.3 Å². The summed E-state index contributed by atoms with van der Waals surface area (Å²) in [5.74, 6) is 0.464. The summed E-state index contributed by atoms with van der Waals surface area (Å²) in [6, 6.07) is 10.4. The van der Waals surface area contributed by atoms with E-state index in [1.807, 2.05) is 6.07 Å². The monoisotopic (exact) mass is 635 g/mol. The predicted molar refractivity (Wildman–Crippen MR) is 173 cm³/mol. The number of anilines is 1. The van der Waals surface area contributed by atoms with Gasteiger partial charge in [0.15, 0.2) is 8.32 Å². The van der Waals surface area contributed by atoms with Crippen molar-refractivity contribution in [2.24, 2.45) is 0 Å². The van der Waals surface area contributed by atoms with Crippen LogP contribution in [0.1, 0.15) is 77.4 Å². The van der Waals surface area contributed by atoms with Crippen molar-refractivity contribution in [2.75, 3.05) is 17.9 Å². The first kappa shape index (κ1) is 34.5. The number of hydrogen-bond donors (Lipinski definition) is 1. The van der Waals surface area contributed by atoms with Crippen molar-refractivity contribution in [1.29, 1.82) is 0 Å². The SMILES string of the molecule is CC(=O)CCC(C)(C)SSCOC1C[C@H](n2ccc(NC(=O)c3ccccc3)nc2=O)O[C@@H]1CO[Si](C)(C)C(C)(C)C. The summed E-state index contributed by atoms with van der Waals surface area (Å²) >= 11 is 0. The van der Waals surface area contributed by atoms with Crippen molar-refractivity contribution in [2.45, 2.75) is 102 Å². The lowest BCUT2D eigenvalue weighted by Crippen LogP contribution is -2.44. The number of nitrogens with one attached hydrogen (secondary N) is 1. The van der Waals surface area contributed by atoms with Crippen LogP contribution in [0.2, 0.25) is 18.1 Å². The summed E-state index contributed by atoms with van der Waals surface area (Å²) in [4.78, 5) is 41.0. The quantitative estimate of drug-likeness (QED) is 0.105. The standard InChI is InChI=1S/C30H45N3O6S2Si/c1-21(34)14-16-30(5,6)41-40-20-37-23-18-26(39-24(23)19-38-42(7,8)29(2,3)4)33-17-15-25(32-28(33)36)31-27(35)22-12-10-9-11-13-22/h9-13,15,17,23-24,26H,14,16,18-20H2,1-8H3,(H,31,32,35,36)/t23?,24-,26-/m1/s1. The van der Waals surface area contributed by atoms with Gasteiger partial charge in [0.2, 0.25) is 0 Å². The van der Waals surface area contributed by atoms with Crippen molar-refractivity contribution < 1.29 is 23.5 Å². The number of carbonyl (C=O) groups excluding carboxylic acids is 2. The van der Waals surface area contributed by atoms with Crippen LogP contribution in [0.15, 0.2) is 47.4 Å². The number of amides is 1. The molecule has 0 bridgehead atoms. The molecule has 0 spiro atoms. The van der Waals surface area contributed by atoms with E-state index in [2.05, 4.69) is 58.0 Å². The molecule has 2 heterocycles. The van der Waals surface area contributed by atoms with Crippen LogP contribution in [0.25, 0.3) is 0 Å². The van der Waals surface area contributed by atoms with Gasteiger partial charge in [-0.15, -0.1) is 0 Å². The largest absolute Gasteiger partial charge is 0.414 e. The van der Waals surface area contributed by atoms with Gasteiger partial charge in [0.05, 0.1) is 12.7 Å². The highest BCUT2D eigenvalue weighted by molar-refractivity contribution is 8.77. The Morgan fingerprint density at radius 3 is 2.45 bits per heavy atom. The number of benzene rings is 1. The minimum Gasteiger partial charge on any atom is -0.414 e. The molecule has 9 nitrogen and oxygen atoms in total. The fourth-order valence-electron chi connectivity index (χ4n) is 4.00. The molecule has 1 aromatic carbocycles. The van der Waals surface area contributed by atoms with Gasteiger partial charge >= 0.3 is 5.69 Å². The highest BCUT2D eigenvalue weighted by atomic mass is 33.1. The predicted octanol–water partition coefficient (Wildman–Crippen LogP) is 6.68. The van der Waals surface area contributed by atoms with E-state index in [4.69, 9.17) is 13.9 Å². The number of nitrogens with zero attached hydrogens (tertiary/aromatic N) is 2. The third-order valence-electron chi connectivity index (χ3n) is 7.71. The molecule has 12 heteroatoms. The summed E-state index contributed by atoms with van der Waals surface area (Å²) in [6.45, 7) is 17.2. The molecule has 0 aliphatic carbocycles. The smallest absolute Gasteiger partial charge is 0.351 e. The van der Waals surface area contributed by atoms with Crippen LogP contribution in [0.4, 0.5) is 5.82 Å². The maximum atomic E-state index is 13.0. The van der Waals surface area contributed by atoms with Gasteiger partial charge in [0.25, 0.3) is 5.91 Å². The van der Waals surface area contributed by atoms with Gasteiger partial charge in [-0.25, -0.2) is 4.79 Å². The van der Waals surface area contributed by atoms with Crippen LogP contribution in [0, 0.1) is 0 Å². The highest BCUT2D eigenvalue weighted by Crippen LogP contribution is 2.41. The molecule has 1 aliphatic heterocycles. The Morgan fingerprint density at radius 1 is 1.14 bits per heavy atom. The Labute approximate surface area is 258 Å². The molecule has 1 saturated heterocycles. The van der Waals surface area contributed by atoms with Crippen molar-refractivity contribution in [3.8, 4) is 0 Å². The van der Waals surface area contributed by atoms with E-state index < -0.39 is 20.2 Å². The lowest BCUT2D eigenvalue weighted by molar-refractivity contribution is -0.117. The average Bonchev–Trinajstić information content (AvgIpc) is 3.31. The Kier molecular flexibility index (Phi) is 12.1. The van der Waals surface area contributed by atoms with Crippen LogP contribution >= 0.6 is 21.6 Å². The van der Waals surface area contributed by atoms with E-state index in [-0.39, 0.29) is 39.5 Å². The molecule has 1 fully saturated rings. The van der Waals surface area contributed by atoms with Crippen LogP contribution in [0.3, 0.4) is 0 Å². The number of hydrogen-bond acceptors (Lipinski definition) is 9. The molecule has 1 N–H and O–H groups in total. The van der Waals surface area contributed by atoms with Gasteiger partial charge in [-0.1, -0.05) is 60.6 Å². The first-order valence-electron chi connectivity index (χ1n) is 14.2. The second-order valence-corrected chi connectivity index (χ2v) is 20.5. The van der Waals surface area contributed by atoms with Crippen LogP contribution in [-0.2, 0) is 18.7 Å². The molecule has 1 amide bonds. The van der Waals surface area contributed by atoms with E-state index in [9.17, 15) is 14.4 Å². The molecule has 3 atom stereocenters. The lowest BCUT2D eigenvalue weighted by Gasteiger charge is -2.37. The molecule has 3 rings (SSSR count). The fourth-order valence-corrected chi connectivity index (χ4v) is 7.32. The fraction of sp³-hybridized carbons (Fsp3) is 0.600. The van der Waals surface area contributed by atoms with E-state index in [1.54, 1.807) is 65.0 Å². The van der Waals surface area contributed by atoms with E-state index in [0.29, 0.717) is 31.0 Å². The number of Topliss-reactive ketones (excluding diaryl/α,β-unsaturated/α-hetero) is 1. The average molecular weight is 636 g/mol. The van der Waals surface area contributed by atoms with E-state index in [0.717, 1.165) is 6.42 Å². The molecular formula is C30H45N3O6S2Si. The van der Waals surface area contributed by atoms with Gasteiger partial charge < -0.3 is 24.0 Å². The molecule has 0 radical (unpaired) electrons. The van der Waals surface area contributed by atoms with Crippen molar-refractivity contribution in [3.63, 3.8) is 0 Å². The molecule has 2 aromatic rings. The Bertz CT molecular complexity index is 1270. The van der Waals surface area contributed by atoms with Crippen molar-refractivity contribution >= 4 is 47.4 Å². The normalized spacial score (nSPS) is 19.6. The van der Waals surface area contributed by atoms with Gasteiger partial charge in [-0.3, -0.25) is 9.36 Å². The lowest BCUT2D eigenvalue weighted by atomic mass is 10.1. The number of ketones is 1. The van der Waals surface area contributed by atoms with Crippen LogP contribution in [-0.4, -0.2) is 59.1 Å². The number of rotatable bonds is 14. The topological polar surface area (TPSA) is 109 Å². The number of carbonyl (C=O) groups is 2. The molecule has 1 aromatic heterocycles. The first-order chi connectivity index (χ1) is 19.6. The first-order valence-corrected chi connectivity index (χ1v) is 19.5. The highest BCUT2D eigenvalue weighted by Gasteiger charge is 2.42. The van der Waals surface area contributed by atoms with E-state index >= 15 is 0 Å². The van der Waals surface area contributed by atoms with Crippen LogP contribution < -0.4 is 11.0 Å². The second-order valence-electron chi connectivity index (χ2n) is 12.7. The summed E-state index contributed by atoms with van der Waals surface area (Å²) in [6.07, 6.45) is 2.20. The Balaban J connectivity index is 1.67. The zero-order valence-electron chi connectivity index (χ0n) is 26.0. The molecule has 1 aliphatic rings. The molecule has 232 valence electrons. The van der Waals surface area contributed by atoms with Crippen LogP contribution in [0.5, 0.6) is 0 Å². The summed E-state index contributed by atoms with van der Waals surface area (Å²) in [5, 5.41) is 2.72. The molecule has 0 saturated carbocycles. The number of ether oxygens (including phenoxy) is 2. The van der Waals surface area contributed by atoms with Gasteiger partial charge in [0.1, 0.15) is 29.9 Å². The summed E-state index contributed by atoms with van der Waals surface area (Å²) < 4.78 is 20.5. The Hall–Kier alpha value is -1.96. The van der Waals surface area contributed by atoms with Gasteiger partial charge in [-0.05, 0) is 63.5 Å².